The number of hydrogen-bond acceptors (Lipinski definition) is 6. The monoisotopic (exact) mass is 464 g/mol. The lowest BCUT2D eigenvalue weighted by atomic mass is 10.2. The molecule has 1 aromatic carbocycles. The van der Waals surface area contributed by atoms with Crippen LogP contribution in [0.2, 0.25) is 0 Å². The summed E-state index contributed by atoms with van der Waals surface area (Å²) in [5.74, 6) is 0.839. The van der Waals surface area contributed by atoms with Crippen molar-refractivity contribution in [3.05, 3.63) is 72.7 Å². The molecule has 3 N–H and O–H groups in total. The van der Waals surface area contributed by atoms with E-state index in [1.165, 1.54) is 6.92 Å². The molecule has 1 amide bonds. The molecule has 0 spiro atoms. The van der Waals surface area contributed by atoms with Crippen LogP contribution >= 0.6 is 0 Å². The van der Waals surface area contributed by atoms with Gasteiger partial charge in [-0.3, -0.25) is 9.52 Å². The van der Waals surface area contributed by atoms with Crippen LogP contribution in [-0.4, -0.2) is 34.6 Å². The zero-order valence-electron chi connectivity index (χ0n) is 18.2. The maximum absolute atomic E-state index is 12.0. The number of fused-ring (bicyclic) bond motifs is 1. The van der Waals surface area contributed by atoms with E-state index >= 15 is 0 Å². The van der Waals surface area contributed by atoms with Crippen LogP contribution in [0.5, 0.6) is 0 Å². The fourth-order valence-electron chi connectivity index (χ4n) is 3.34. The number of carbonyl (C=O) groups is 1. The third-order valence-corrected chi connectivity index (χ3v) is 6.26. The molecule has 3 aromatic heterocycles. The maximum atomic E-state index is 12.0. The summed E-state index contributed by atoms with van der Waals surface area (Å²) >= 11 is 0. The van der Waals surface area contributed by atoms with Gasteiger partial charge in [0.1, 0.15) is 11.6 Å². The quantitative estimate of drug-likeness (QED) is 0.363. The Bertz CT molecular complexity index is 1400. The Labute approximate surface area is 191 Å². The Balaban J connectivity index is 1.58. The predicted octanol–water partition coefficient (Wildman–Crippen LogP) is 3.94. The number of hydrogen-bond donors (Lipinski definition) is 3. The van der Waals surface area contributed by atoms with E-state index in [0.717, 1.165) is 27.8 Å². The molecule has 0 saturated heterocycles. The lowest BCUT2D eigenvalue weighted by Gasteiger charge is -2.12. The Morgan fingerprint density at radius 1 is 1.06 bits per heavy atom. The van der Waals surface area contributed by atoms with Crippen LogP contribution in [-0.2, 0) is 21.4 Å². The average Bonchev–Trinajstić information content (AvgIpc) is 3.18. The Kier molecular flexibility index (Phi) is 6.27. The number of nitrogens with zero attached hydrogens (tertiary/aromatic N) is 3. The summed E-state index contributed by atoms with van der Waals surface area (Å²) in [5.41, 5.74) is 3.25. The minimum Gasteiger partial charge on any atom is -0.343 e. The second-order valence-corrected chi connectivity index (χ2v) is 9.48. The van der Waals surface area contributed by atoms with Crippen LogP contribution < -0.4 is 15.4 Å². The second-order valence-electron chi connectivity index (χ2n) is 7.47. The zero-order chi connectivity index (χ0) is 23.4. The minimum absolute atomic E-state index is 0.0258. The summed E-state index contributed by atoms with van der Waals surface area (Å²) in [4.78, 5) is 19.9. The van der Waals surface area contributed by atoms with Gasteiger partial charge in [-0.1, -0.05) is 6.07 Å². The number of anilines is 4. The Morgan fingerprint density at radius 2 is 1.82 bits per heavy atom. The van der Waals surface area contributed by atoms with Gasteiger partial charge in [0.2, 0.25) is 15.9 Å². The van der Waals surface area contributed by atoms with Gasteiger partial charge in [-0.25, -0.2) is 18.4 Å². The molecule has 33 heavy (non-hydrogen) atoms. The van der Waals surface area contributed by atoms with Crippen LogP contribution in [0.1, 0.15) is 19.4 Å². The van der Waals surface area contributed by atoms with E-state index in [2.05, 4.69) is 25.3 Å². The van der Waals surface area contributed by atoms with Gasteiger partial charge in [0.15, 0.2) is 0 Å². The van der Waals surface area contributed by atoms with Crippen LogP contribution in [0.4, 0.5) is 23.0 Å². The molecule has 0 bridgehead atoms. The van der Waals surface area contributed by atoms with Gasteiger partial charge in [0, 0.05) is 53.9 Å². The van der Waals surface area contributed by atoms with Gasteiger partial charge in [-0.15, -0.1) is 0 Å². The summed E-state index contributed by atoms with van der Waals surface area (Å²) in [7, 11) is -3.43. The van der Waals surface area contributed by atoms with Gasteiger partial charge in [0.25, 0.3) is 0 Å². The first-order chi connectivity index (χ1) is 15.8. The molecular formula is C23H24N6O3S. The van der Waals surface area contributed by atoms with Gasteiger partial charge in [-0.05, 0) is 43.3 Å². The second kappa shape index (κ2) is 9.29. The van der Waals surface area contributed by atoms with Gasteiger partial charge in [0.05, 0.1) is 17.8 Å². The molecule has 10 heteroatoms. The topological polar surface area (TPSA) is 118 Å². The van der Waals surface area contributed by atoms with Crippen molar-refractivity contribution in [1.82, 2.24) is 14.5 Å². The standard InChI is InChI=1S/C23H24N6O3S/c1-3-33(31,32)28-23-18(5-4-11-24-23)15-29-12-10-17-14-25-22(13-21(17)29)27-20-8-6-19(7-9-20)26-16(2)30/h4-14H,3,15H2,1-2H3,(H,24,28)(H,25,27)(H,26,30). The first kappa shape index (κ1) is 22.3. The van der Waals surface area contributed by atoms with Crippen LogP contribution in [0, 0.1) is 0 Å². The highest BCUT2D eigenvalue weighted by Gasteiger charge is 2.13. The predicted molar refractivity (Wildman–Crippen MR) is 130 cm³/mol. The number of sulfonamides is 1. The molecule has 3 heterocycles. The molecule has 0 aliphatic rings. The molecule has 0 radical (unpaired) electrons. The van der Waals surface area contributed by atoms with Crippen molar-refractivity contribution < 1.29 is 13.2 Å². The van der Waals surface area contributed by atoms with Crippen LogP contribution in [0.25, 0.3) is 10.9 Å². The van der Waals surface area contributed by atoms with Gasteiger partial charge < -0.3 is 15.2 Å². The van der Waals surface area contributed by atoms with E-state index in [1.807, 2.05) is 53.2 Å². The highest BCUT2D eigenvalue weighted by molar-refractivity contribution is 7.92. The van der Waals surface area contributed by atoms with Crippen LogP contribution in [0.3, 0.4) is 0 Å². The molecule has 9 nitrogen and oxygen atoms in total. The highest BCUT2D eigenvalue weighted by Crippen LogP contribution is 2.24. The van der Waals surface area contributed by atoms with E-state index in [1.54, 1.807) is 25.4 Å². The molecule has 170 valence electrons. The van der Waals surface area contributed by atoms with Crippen molar-refractivity contribution in [3.63, 3.8) is 0 Å². The maximum Gasteiger partial charge on any atom is 0.233 e. The largest absolute Gasteiger partial charge is 0.343 e. The SMILES string of the molecule is CCS(=O)(=O)Nc1ncccc1Cn1ccc2cnc(Nc3ccc(NC(C)=O)cc3)cc21. The Hall–Kier alpha value is -3.92. The summed E-state index contributed by atoms with van der Waals surface area (Å²) in [5, 5.41) is 6.96. The van der Waals surface area contributed by atoms with Crippen molar-refractivity contribution in [2.45, 2.75) is 20.4 Å². The van der Waals surface area contributed by atoms with Gasteiger partial charge >= 0.3 is 0 Å². The van der Waals surface area contributed by atoms with Crippen LogP contribution in [0.15, 0.2) is 67.1 Å². The smallest absolute Gasteiger partial charge is 0.233 e. The van der Waals surface area contributed by atoms with Crippen molar-refractivity contribution in [2.24, 2.45) is 0 Å². The van der Waals surface area contributed by atoms with Crippen molar-refractivity contribution in [1.29, 1.82) is 0 Å². The Morgan fingerprint density at radius 3 is 2.55 bits per heavy atom. The third-order valence-electron chi connectivity index (χ3n) is 5.00. The molecular weight excluding hydrogens is 440 g/mol. The number of rotatable bonds is 8. The number of aromatic nitrogens is 3. The number of amides is 1. The summed E-state index contributed by atoms with van der Waals surface area (Å²) in [6.45, 7) is 3.49. The highest BCUT2D eigenvalue weighted by atomic mass is 32.2. The molecule has 0 saturated carbocycles. The number of benzene rings is 1. The lowest BCUT2D eigenvalue weighted by molar-refractivity contribution is -0.114. The summed E-state index contributed by atoms with van der Waals surface area (Å²) < 4.78 is 28.6. The normalized spacial score (nSPS) is 11.3. The van der Waals surface area contributed by atoms with Crippen molar-refractivity contribution in [3.8, 4) is 0 Å². The first-order valence-corrected chi connectivity index (χ1v) is 12.0. The molecule has 0 aliphatic carbocycles. The molecule has 0 atom stereocenters. The fourth-order valence-corrected chi connectivity index (χ4v) is 3.96. The molecule has 0 fully saturated rings. The molecule has 0 aliphatic heterocycles. The number of carbonyl (C=O) groups excluding carboxylic acids is 1. The number of nitrogens with one attached hydrogen (secondary N) is 3. The molecule has 4 rings (SSSR count). The first-order valence-electron chi connectivity index (χ1n) is 10.4. The summed E-state index contributed by atoms with van der Waals surface area (Å²) in [6.07, 6.45) is 5.28. The third kappa shape index (κ3) is 5.47. The van der Waals surface area contributed by atoms with Gasteiger partial charge in [-0.2, -0.15) is 0 Å². The lowest BCUT2D eigenvalue weighted by Crippen LogP contribution is -2.17. The van der Waals surface area contributed by atoms with E-state index in [9.17, 15) is 13.2 Å². The van der Waals surface area contributed by atoms with Crippen molar-refractivity contribution in [2.75, 3.05) is 21.1 Å². The number of pyridine rings is 2. The van der Waals surface area contributed by atoms with E-state index in [-0.39, 0.29) is 11.7 Å². The molecule has 0 unspecified atom stereocenters. The minimum atomic E-state index is -3.43. The average molecular weight is 465 g/mol. The van der Waals surface area contributed by atoms with E-state index < -0.39 is 10.0 Å². The fraction of sp³-hybridized carbons (Fsp3) is 0.174. The summed E-state index contributed by atoms with van der Waals surface area (Å²) in [6, 6.07) is 14.9. The zero-order valence-corrected chi connectivity index (χ0v) is 19.1. The van der Waals surface area contributed by atoms with E-state index in [0.29, 0.717) is 18.2 Å². The van der Waals surface area contributed by atoms with Crippen molar-refractivity contribution >= 4 is 49.8 Å². The molecule has 4 aromatic rings. The van der Waals surface area contributed by atoms with E-state index in [4.69, 9.17) is 0 Å².